The first-order chi connectivity index (χ1) is 10.9. The zero-order chi connectivity index (χ0) is 18.8. The minimum Gasteiger partial charge on any atom is -0.375 e. The van der Waals surface area contributed by atoms with Gasteiger partial charge in [0.1, 0.15) is 0 Å². The van der Waals surface area contributed by atoms with Gasteiger partial charge in [-0.25, -0.2) is 0 Å². The van der Waals surface area contributed by atoms with E-state index in [1.807, 2.05) is 13.8 Å². The van der Waals surface area contributed by atoms with Crippen LogP contribution in [-0.4, -0.2) is 18.9 Å². The lowest BCUT2D eigenvalue weighted by atomic mass is 10.1. The molecule has 0 spiro atoms. The van der Waals surface area contributed by atoms with Crippen molar-refractivity contribution in [2.45, 2.75) is 25.5 Å². The molecule has 0 radical (unpaired) electrons. The molecular formula is C13H11F6NO3S. The van der Waals surface area contributed by atoms with E-state index in [1.54, 1.807) is 0 Å². The number of nitrogens with zero attached hydrogens (tertiary/aromatic N) is 1. The van der Waals surface area contributed by atoms with E-state index in [9.17, 15) is 34.8 Å². The van der Waals surface area contributed by atoms with Gasteiger partial charge in [0.05, 0.1) is 11.1 Å². The number of rotatable bonds is 2. The minimum absolute atomic E-state index is 0.302. The lowest BCUT2D eigenvalue weighted by Crippen LogP contribution is -2.28. The SMILES string of the molecule is CC.O=S(=O)(Oc1ccnc2cc(C(F)(F)F)ccc12)C(F)(F)F. The monoisotopic (exact) mass is 375 g/mol. The molecule has 4 nitrogen and oxygen atoms in total. The fourth-order valence-electron chi connectivity index (χ4n) is 1.54. The Kier molecular flexibility index (Phi) is 5.70. The molecule has 2 aromatic rings. The van der Waals surface area contributed by atoms with Gasteiger partial charge in [-0.15, -0.1) is 0 Å². The molecule has 0 aliphatic heterocycles. The van der Waals surface area contributed by atoms with Crippen LogP contribution in [0.5, 0.6) is 5.75 Å². The maximum Gasteiger partial charge on any atom is 0.534 e. The summed E-state index contributed by atoms with van der Waals surface area (Å²) in [4.78, 5) is 3.55. The third-order valence-electron chi connectivity index (χ3n) is 2.51. The molecule has 1 aromatic heterocycles. The highest BCUT2D eigenvalue weighted by atomic mass is 32.2. The van der Waals surface area contributed by atoms with Crippen molar-refractivity contribution in [3.63, 3.8) is 0 Å². The Labute approximate surface area is 133 Å². The molecule has 0 fully saturated rings. The second-order valence-electron chi connectivity index (χ2n) is 4.02. The van der Waals surface area contributed by atoms with Crippen molar-refractivity contribution in [3.05, 3.63) is 36.0 Å². The highest BCUT2D eigenvalue weighted by Crippen LogP contribution is 2.35. The second kappa shape index (κ2) is 6.83. The van der Waals surface area contributed by atoms with Crippen LogP contribution in [0.25, 0.3) is 10.9 Å². The number of aromatic nitrogens is 1. The molecule has 24 heavy (non-hydrogen) atoms. The number of hydrogen-bond acceptors (Lipinski definition) is 4. The summed E-state index contributed by atoms with van der Waals surface area (Å²) in [5.74, 6) is -0.768. The molecule has 0 bridgehead atoms. The lowest BCUT2D eigenvalue weighted by molar-refractivity contribution is -0.137. The maximum absolute atomic E-state index is 12.5. The molecule has 0 aliphatic carbocycles. The number of benzene rings is 1. The van der Waals surface area contributed by atoms with Gasteiger partial charge < -0.3 is 4.18 Å². The molecule has 2 rings (SSSR count). The van der Waals surface area contributed by atoms with Gasteiger partial charge >= 0.3 is 21.8 Å². The summed E-state index contributed by atoms with van der Waals surface area (Å²) in [7, 11) is -5.93. The molecule has 0 amide bonds. The van der Waals surface area contributed by atoms with Gasteiger partial charge in [-0.2, -0.15) is 34.8 Å². The zero-order valence-corrected chi connectivity index (χ0v) is 13.1. The van der Waals surface area contributed by atoms with Crippen LogP contribution in [-0.2, 0) is 16.3 Å². The summed E-state index contributed by atoms with van der Waals surface area (Å²) < 4.78 is 100. The van der Waals surface area contributed by atoms with E-state index in [0.717, 1.165) is 18.3 Å². The molecule has 0 saturated heterocycles. The summed E-state index contributed by atoms with van der Waals surface area (Å²) in [6, 6.07) is 2.74. The van der Waals surface area contributed by atoms with E-state index in [0.29, 0.717) is 12.1 Å². The summed E-state index contributed by atoms with van der Waals surface area (Å²) in [6.45, 7) is 4.00. The Balaban J connectivity index is 0.00000139. The van der Waals surface area contributed by atoms with Crippen molar-refractivity contribution >= 4 is 21.0 Å². The number of pyridine rings is 1. The predicted molar refractivity (Wildman–Crippen MR) is 73.7 cm³/mol. The Morgan fingerprint density at radius 3 is 2.08 bits per heavy atom. The summed E-state index contributed by atoms with van der Waals surface area (Å²) in [5, 5.41) is -0.302. The van der Waals surface area contributed by atoms with Gasteiger partial charge in [-0.1, -0.05) is 13.8 Å². The molecule has 0 atom stereocenters. The van der Waals surface area contributed by atoms with E-state index < -0.39 is 33.1 Å². The van der Waals surface area contributed by atoms with Gasteiger partial charge in [0.2, 0.25) is 0 Å². The zero-order valence-electron chi connectivity index (χ0n) is 12.2. The lowest BCUT2D eigenvalue weighted by Gasteiger charge is -2.12. The Morgan fingerprint density at radius 1 is 1.00 bits per heavy atom. The Morgan fingerprint density at radius 2 is 1.58 bits per heavy atom. The van der Waals surface area contributed by atoms with Gasteiger partial charge in [-0.05, 0) is 18.2 Å². The van der Waals surface area contributed by atoms with Crippen molar-refractivity contribution in [1.29, 1.82) is 0 Å². The van der Waals surface area contributed by atoms with Crippen molar-refractivity contribution in [2.75, 3.05) is 0 Å². The molecule has 0 saturated carbocycles. The van der Waals surface area contributed by atoms with Crippen LogP contribution in [0.15, 0.2) is 30.5 Å². The van der Waals surface area contributed by atoms with E-state index in [4.69, 9.17) is 0 Å². The molecule has 0 unspecified atom stereocenters. The van der Waals surface area contributed by atoms with Crippen LogP contribution in [0.4, 0.5) is 26.3 Å². The maximum atomic E-state index is 12.5. The van der Waals surface area contributed by atoms with Crippen LogP contribution in [0.2, 0.25) is 0 Å². The quantitative estimate of drug-likeness (QED) is 0.440. The number of alkyl halides is 6. The first kappa shape index (κ1) is 20.0. The summed E-state index contributed by atoms with van der Waals surface area (Å²) in [5.41, 5.74) is -7.10. The number of fused-ring (bicyclic) bond motifs is 1. The Bertz CT molecular complexity index is 815. The second-order valence-corrected chi connectivity index (χ2v) is 5.56. The normalized spacial score (nSPS) is 12.5. The van der Waals surface area contributed by atoms with E-state index in [1.165, 1.54) is 0 Å². The van der Waals surface area contributed by atoms with Crippen LogP contribution in [0.3, 0.4) is 0 Å². The average molecular weight is 375 g/mol. The first-order valence-electron chi connectivity index (χ1n) is 6.38. The van der Waals surface area contributed by atoms with Gasteiger partial charge in [-0.3, -0.25) is 4.98 Å². The van der Waals surface area contributed by atoms with E-state index in [2.05, 4.69) is 9.17 Å². The molecule has 134 valence electrons. The smallest absolute Gasteiger partial charge is 0.375 e. The summed E-state index contributed by atoms with van der Waals surface area (Å²) >= 11 is 0. The van der Waals surface area contributed by atoms with Crippen LogP contribution in [0, 0.1) is 0 Å². The van der Waals surface area contributed by atoms with Crippen molar-refractivity contribution < 1.29 is 38.9 Å². The minimum atomic E-state index is -5.93. The third-order valence-corrected chi connectivity index (χ3v) is 3.48. The standard InChI is InChI=1S/C11H5F6NO3S.C2H6/c12-10(13,14)6-1-2-7-8(5-6)18-4-3-9(7)21-22(19,20)11(15,16)17;1-2/h1-5H;1-2H3. The number of halogens is 6. The fraction of sp³-hybridized carbons (Fsp3) is 0.308. The molecule has 1 heterocycles. The average Bonchev–Trinajstić information content (AvgIpc) is 2.46. The summed E-state index contributed by atoms with van der Waals surface area (Å²) in [6.07, 6.45) is -3.84. The van der Waals surface area contributed by atoms with Gasteiger partial charge in [0, 0.05) is 17.6 Å². The van der Waals surface area contributed by atoms with Gasteiger partial charge in [0.25, 0.3) is 0 Å². The molecular weight excluding hydrogens is 364 g/mol. The molecule has 0 N–H and O–H groups in total. The van der Waals surface area contributed by atoms with E-state index in [-0.39, 0.29) is 10.9 Å². The van der Waals surface area contributed by atoms with Crippen molar-refractivity contribution in [3.8, 4) is 5.75 Å². The fourth-order valence-corrected chi connectivity index (χ4v) is 2.01. The molecule has 0 aliphatic rings. The highest BCUT2D eigenvalue weighted by Gasteiger charge is 2.48. The Hall–Kier alpha value is -2.04. The molecule has 1 aromatic carbocycles. The van der Waals surface area contributed by atoms with Crippen LogP contribution < -0.4 is 4.18 Å². The van der Waals surface area contributed by atoms with Crippen molar-refractivity contribution in [2.24, 2.45) is 0 Å². The predicted octanol–water partition coefficient (Wildman–Crippen LogP) is 4.51. The van der Waals surface area contributed by atoms with Gasteiger partial charge in [0.15, 0.2) is 5.75 Å². The largest absolute Gasteiger partial charge is 0.534 e. The highest BCUT2D eigenvalue weighted by molar-refractivity contribution is 7.88. The van der Waals surface area contributed by atoms with Crippen molar-refractivity contribution in [1.82, 2.24) is 4.98 Å². The van der Waals surface area contributed by atoms with Crippen LogP contribution in [0.1, 0.15) is 19.4 Å². The third kappa shape index (κ3) is 4.28. The van der Waals surface area contributed by atoms with E-state index >= 15 is 0 Å². The number of hydrogen-bond donors (Lipinski definition) is 0. The first-order valence-corrected chi connectivity index (χ1v) is 7.79. The molecule has 11 heteroatoms. The van der Waals surface area contributed by atoms with Crippen LogP contribution >= 0.6 is 0 Å². The topological polar surface area (TPSA) is 56.3 Å².